The SMILES string of the molecule is CCOC(=O)c1c(NC(=O)c2cc3ccccc3oc2=O)sc2c1CCC[S@@]2=O. The summed E-state index contributed by atoms with van der Waals surface area (Å²) in [6.45, 7) is 1.86. The van der Waals surface area contributed by atoms with Crippen molar-refractivity contribution in [2.45, 2.75) is 24.0 Å². The van der Waals surface area contributed by atoms with Gasteiger partial charge >= 0.3 is 11.6 Å². The van der Waals surface area contributed by atoms with Gasteiger partial charge in [-0.05, 0) is 37.5 Å². The second-order valence-corrected chi connectivity index (χ2v) is 9.17. The van der Waals surface area contributed by atoms with Gasteiger partial charge in [-0.2, -0.15) is 0 Å². The van der Waals surface area contributed by atoms with Crippen LogP contribution < -0.4 is 10.9 Å². The number of carbonyl (C=O) groups excluding carboxylic acids is 2. The number of fused-ring (bicyclic) bond motifs is 2. The molecule has 0 bridgehead atoms. The Hall–Kier alpha value is -2.78. The van der Waals surface area contributed by atoms with Crippen LogP contribution in [0.15, 0.2) is 43.8 Å². The summed E-state index contributed by atoms with van der Waals surface area (Å²) in [6.07, 6.45) is 1.27. The highest BCUT2D eigenvalue weighted by atomic mass is 32.2. The maximum atomic E-state index is 12.8. The second-order valence-electron chi connectivity index (χ2n) is 6.39. The van der Waals surface area contributed by atoms with Crippen molar-refractivity contribution >= 4 is 50.0 Å². The summed E-state index contributed by atoms with van der Waals surface area (Å²) in [4.78, 5) is 37.6. The zero-order valence-corrected chi connectivity index (χ0v) is 17.1. The van der Waals surface area contributed by atoms with Crippen molar-refractivity contribution in [3.8, 4) is 0 Å². The highest BCUT2D eigenvalue weighted by Crippen LogP contribution is 2.39. The lowest BCUT2D eigenvalue weighted by atomic mass is 10.1. The van der Waals surface area contributed by atoms with Gasteiger partial charge in [0.05, 0.1) is 27.2 Å². The Balaban J connectivity index is 1.75. The number of thiophene rings is 1. The number of hydrogen-bond acceptors (Lipinski definition) is 7. The largest absolute Gasteiger partial charge is 0.462 e. The van der Waals surface area contributed by atoms with Crippen LogP contribution in [0.2, 0.25) is 0 Å². The van der Waals surface area contributed by atoms with Crippen molar-refractivity contribution in [1.29, 1.82) is 0 Å². The first-order valence-electron chi connectivity index (χ1n) is 9.05. The molecule has 1 atom stereocenters. The fourth-order valence-electron chi connectivity index (χ4n) is 3.23. The molecule has 2 aromatic heterocycles. The maximum absolute atomic E-state index is 12.8. The molecule has 1 N–H and O–H groups in total. The minimum atomic E-state index is -1.23. The number of carbonyl (C=O) groups is 2. The number of hydrogen-bond donors (Lipinski definition) is 1. The van der Waals surface area contributed by atoms with Gasteiger partial charge in [-0.25, -0.2) is 9.59 Å². The molecule has 0 radical (unpaired) electrons. The van der Waals surface area contributed by atoms with E-state index in [2.05, 4.69) is 5.32 Å². The molecular weight excluding hydrogens is 414 g/mol. The van der Waals surface area contributed by atoms with Gasteiger partial charge in [-0.15, -0.1) is 11.3 Å². The molecule has 0 fully saturated rings. The molecule has 1 aliphatic rings. The van der Waals surface area contributed by atoms with Crippen LogP contribution in [-0.4, -0.2) is 28.4 Å². The normalized spacial score (nSPS) is 15.7. The summed E-state index contributed by atoms with van der Waals surface area (Å²) < 4.78 is 23.3. The molecule has 0 spiro atoms. The first kappa shape index (κ1) is 19.5. The molecule has 7 nitrogen and oxygen atoms in total. The minimum absolute atomic E-state index is 0.175. The lowest BCUT2D eigenvalue weighted by Crippen LogP contribution is -2.21. The zero-order chi connectivity index (χ0) is 20.5. The van der Waals surface area contributed by atoms with Crippen molar-refractivity contribution in [3.05, 3.63) is 57.4 Å². The molecule has 1 aromatic carbocycles. The number of para-hydroxylation sites is 1. The highest BCUT2D eigenvalue weighted by Gasteiger charge is 2.31. The van der Waals surface area contributed by atoms with Crippen LogP contribution in [-0.2, 0) is 22.0 Å². The van der Waals surface area contributed by atoms with Crippen LogP contribution in [0, 0.1) is 0 Å². The van der Waals surface area contributed by atoms with Crippen LogP contribution in [0.5, 0.6) is 0 Å². The van der Waals surface area contributed by atoms with E-state index in [-0.39, 0.29) is 22.7 Å². The Morgan fingerprint density at radius 2 is 2.10 bits per heavy atom. The Labute approximate surface area is 172 Å². The van der Waals surface area contributed by atoms with E-state index in [0.29, 0.717) is 39.3 Å². The molecular formula is C20H17NO6S2. The van der Waals surface area contributed by atoms with Crippen LogP contribution in [0.4, 0.5) is 5.00 Å². The third kappa shape index (κ3) is 3.63. The van der Waals surface area contributed by atoms with E-state index in [1.807, 2.05) is 0 Å². The van der Waals surface area contributed by atoms with Gasteiger partial charge in [0.15, 0.2) is 0 Å². The molecule has 9 heteroatoms. The summed E-state index contributed by atoms with van der Waals surface area (Å²) in [5, 5.41) is 3.48. The topological polar surface area (TPSA) is 103 Å². The summed E-state index contributed by atoms with van der Waals surface area (Å²) in [5.74, 6) is -0.763. The third-order valence-corrected chi connectivity index (χ3v) is 7.60. The first-order valence-corrected chi connectivity index (χ1v) is 11.2. The average molecular weight is 431 g/mol. The van der Waals surface area contributed by atoms with Gasteiger partial charge in [-0.3, -0.25) is 9.00 Å². The lowest BCUT2D eigenvalue weighted by Gasteiger charge is -2.12. The first-order chi connectivity index (χ1) is 14.0. The number of nitrogens with one attached hydrogen (secondary N) is 1. The van der Waals surface area contributed by atoms with Gasteiger partial charge in [0, 0.05) is 11.1 Å². The fraction of sp³-hybridized carbons (Fsp3) is 0.250. The van der Waals surface area contributed by atoms with E-state index in [9.17, 15) is 18.6 Å². The van der Waals surface area contributed by atoms with E-state index in [1.54, 1.807) is 31.2 Å². The summed E-state index contributed by atoms with van der Waals surface area (Å²) in [6, 6.07) is 8.32. The monoisotopic (exact) mass is 431 g/mol. The molecule has 3 aromatic rings. The quantitative estimate of drug-likeness (QED) is 0.502. The average Bonchev–Trinajstić information content (AvgIpc) is 3.07. The summed E-state index contributed by atoms with van der Waals surface area (Å²) in [7, 11) is -1.23. The second kappa shape index (κ2) is 7.92. The van der Waals surface area contributed by atoms with Crippen molar-refractivity contribution in [2.75, 3.05) is 17.7 Å². The van der Waals surface area contributed by atoms with E-state index < -0.39 is 28.3 Å². The molecule has 0 saturated carbocycles. The van der Waals surface area contributed by atoms with E-state index in [1.165, 1.54) is 6.07 Å². The van der Waals surface area contributed by atoms with E-state index >= 15 is 0 Å². The van der Waals surface area contributed by atoms with Crippen molar-refractivity contribution in [2.24, 2.45) is 0 Å². The van der Waals surface area contributed by atoms with E-state index in [4.69, 9.17) is 9.15 Å². The number of benzene rings is 1. The third-order valence-electron chi connectivity index (χ3n) is 4.53. The van der Waals surface area contributed by atoms with Crippen LogP contribution in [0.3, 0.4) is 0 Å². The molecule has 1 aliphatic heterocycles. The zero-order valence-electron chi connectivity index (χ0n) is 15.5. The Morgan fingerprint density at radius 3 is 2.90 bits per heavy atom. The van der Waals surface area contributed by atoms with Gasteiger partial charge < -0.3 is 14.5 Å². The predicted octanol–water partition coefficient (Wildman–Crippen LogP) is 3.34. The molecule has 29 heavy (non-hydrogen) atoms. The predicted molar refractivity (Wildman–Crippen MR) is 110 cm³/mol. The standard InChI is InChI=1S/C20H17NO6S2/c1-2-26-19(24)15-12-7-5-9-29(25)20(12)28-17(15)21-16(22)13-10-11-6-3-4-8-14(11)27-18(13)23/h3-4,6,8,10H,2,5,7,9H2,1H3,(H,21,22)/t29-/m0/s1. The number of anilines is 1. The van der Waals surface area contributed by atoms with Crippen LogP contribution in [0.25, 0.3) is 11.0 Å². The Bertz CT molecular complexity index is 1210. The smallest absolute Gasteiger partial charge is 0.349 e. The summed E-state index contributed by atoms with van der Waals surface area (Å²) in [5.41, 5.74) is 0.301. The van der Waals surface area contributed by atoms with E-state index in [0.717, 1.165) is 11.3 Å². The Morgan fingerprint density at radius 1 is 1.31 bits per heavy atom. The fourth-order valence-corrected chi connectivity index (χ4v) is 6.13. The number of esters is 1. The molecule has 0 saturated heterocycles. The van der Waals surface area contributed by atoms with Gasteiger partial charge in [-0.1, -0.05) is 18.2 Å². The van der Waals surface area contributed by atoms with Gasteiger partial charge in [0.25, 0.3) is 5.91 Å². The number of ether oxygens (including phenoxy) is 1. The molecule has 150 valence electrons. The minimum Gasteiger partial charge on any atom is -0.462 e. The molecule has 4 rings (SSSR count). The lowest BCUT2D eigenvalue weighted by molar-refractivity contribution is 0.0526. The Kier molecular flexibility index (Phi) is 5.33. The molecule has 0 aliphatic carbocycles. The molecule has 1 amide bonds. The van der Waals surface area contributed by atoms with Gasteiger partial charge in [0.2, 0.25) is 0 Å². The van der Waals surface area contributed by atoms with Crippen molar-refractivity contribution in [3.63, 3.8) is 0 Å². The van der Waals surface area contributed by atoms with Crippen molar-refractivity contribution < 1.29 is 23.0 Å². The van der Waals surface area contributed by atoms with Crippen LogP contribution >= 0.6 is 11.3 Å². The van der Waals surface area contributed by atoms with Gasteiger partial charge in [0.1, 0.15) is 16.1 Å². The van der Waals surface area contributed by atoms with Crippen LogP contribution in [0.1, 0.15) is 39.6 Å². The molecule has 0 unspecified atom stereocenters. The number of rotatable bonds is 4. The summed E-state index contributed by atoms with van der Waals surface area (Å²) >= 11 is 1.09. The van der Waals surface area contributed by atoms with Crippen molar-refractivity contribution in [1.82, 2.24) is 0 Å². The maximum Gasteiger partial charge on any atom is 0.349 e. The number of amides is 1. The molecule has 3 heterocycles. The highest BCUT2D eigenvalue weighted by molar-refractivity contribution is 7.87.